The molecule has 2 aliphatic heterocycles. The van der Waals surface area contributed by atoms with Crippen molar-refractivity contribution in [1.29, 1.82) is 0 Å². The first kappa shape index (κ1) is 23.6. The molecule has 2 aliphatic rings. The zero-order chi connectivity index (χ0) is 27.3. The monoisotopic (exact) mass is 517 g/mol. The Kier molecular flexibility index (Phi) is 4.78. The predicted octanol–water partition coefficient (Wildman–Crippen LogP) is 8.03. The molecule has 0 N–H and O–H groups in total. The number of hydrogen-bond donors (Lipinski definition) is 0. The zero-order valence-electron chi connectivity index (χ0n) is 23.7. The summed E-state index contributed by atoms with van der Waals surface area (Å²) in [6.07, 6.45) is 2.08. The number of hydrogen-bond acceptors (Lipinski definition) is 2. The van der Waals surface area contributed by atoms with Crippen LogP contribution in [0.25, 0.3) is 33.1 Å². The molecule has 0 unspecified atom stereocenters. The first-order chi connectivity index (χ1) is 19.3. The van der Waals surface area contributed by atoms with E-state index in [-0.39, 0.29) is 12.3 Å². The number of rotatable bonds is 2. The van der Waals surface area contributed by atoms with E-state index in [1.54, 1.807) is 0 Å². The molecule has 194 valence electrons. The molecular weight excluding hydrogens is 485 g/mol. The minimum atomic E-state index is 0.0426. The SMILES string of the molecule is CC(C)c1cnc2c(c1)c1cccc3c1n2B1c2ccc(C(C)(C)C)cc2N(c2ccccc2)c2cccc-3c21. The van der Waals surface area contributed by atoms with Gasteiger partial charge in [-0.2, -0.15) is 0 Å². The lowest BCUT2D eigenvalue weighted by Crippen LogP contribution is -2.56. The lowest BCUT2D eigenvalue weighted by atomic mass is 9.45. The van der Waals surface area contributed by atoms with E-state index >= 15 is 0 Å². The van der Waals surface area contributed by atoms with Crippen LogP contribution < -0.4 is 15.8 Å². The molecule has 6 aromatic rings. The van der Waals surface area contributed by atoms with Crippen LogP contribution in [0.5, 0.6) is 0 Å². The standard InChI is InChI=1S/C36H32BN3/c1-22(2)23-19-29-28-15-9-14-27-26-13-10-16-31-33(26)37(40(34(27)28)35(29)38-21-23)30-18-17-24(36(3,4)5)20-32(30)39(31)25-11-7-6-8-12-25/h6-22H,1-5H3. The first-order valence-corrected chi connectivity index (χ1v) is 14.4. The number of nitrogens with zero attached hydrogens (tertiary/aromatic N) is 3. The number of para-hydroxylation sites is 2. The van der Waals surface area contributed by atoms with Crippen LogP contribution in [0.3, 0.4) is 0 Å². The van der Waals surface area contributed by atoms with E-state index in [0.717, 1.165) is 5.65 Å². The fourth-order valence-electron chi connectivity index (χ4n) is 6.89. The van der Waals surface area contributed by atoms with Gasteiger partial charge in [0.25, 0.3) is 0 Å². The molecule has 4 heteroatoms. The second-order valence-electron chi connectivity index (χ2n) is 12.7. The number of fused-ring (bicyclic) bond motifs is 7. The van der Waals surface area contributed by atoms with Gasteiger partial charge in [0.2, 0.25) is 0 Å². The van der Waals surface area contributed by atoms with E-state index in [4.69, 9.17) is 4.98 Å². The van der Waals surface area contributed by atoms with Gasteiger partial charge >= 0.3 is 6.85 Å². The van der Waals surface area contributed by atoms with Crippen LogP contribution in [-0.4, -0.2) is 16.3 Å². The van der Waals surface area contributed by atoms with Crippen molar-refractivity contribution in [3.05, 3.63) is 108 Å². The van der Waals surface area contributed by atoms with Crippen LogP contribution in [0.4, 0.5) is 17.1 Å². The van der Waals surface area contributed by atoms with E-state index in [1.165, 1.54) is 66.5 Å². The van der Waals surface area contributed by atoms with E-state index in [2.05, 4.69) is 141 Å². The van der Waals surface area contributed by atoms with Gasteiger partial charge in [0, 0.05) is 45.1 Å². The molecule has 0 amide bonds. The van der Waals surface area contributed by atoms with Gasteiger partial charge in [-0.05, 0) is 69.3 Å². The summed E-state index contributed by atoms with van der Waals surface area (Å²) < 4.78 is 2.54. The van der Waals surface area contributed by atoms with Crippen molar-refractivity contribution >= 4 is 56.8 Å². The molecule has 8 rings (SSSR count). The number of pyridine rings is 1. The molecule has 0 fully saturated rings. The summed E-state index contributed by atoms with van der Waals surface area (Å²) in [6, 6.07) is 33.9. The van der Waals surface area contributed by atoms with Gasteiger partial charge in [-0.1, -0.05) is 95.3 Å². The lowest BCUT2D eigenvalue weighted by molar-refractivity contribution is 0.590. The maximum Gasteiger partial charge on any atom is 0.334 e. The zero-order valence-corrected chi connectivity index (χ0v) is 23.7. The van der Waals surface area contributed by atoms with E-state index in [1.807, 2.05) is 0 Å². The molecule has 0 saturated heterocycles. The summed E-state index contributed by atoms with van der Waals surface area (Å²) in [5.74, 6) is 0.429. The van der Waals surface area contributed by atoms with Gasteiger partial charge in [0.05, 0.1) is 0 Å². The summed E-state index contributed by atoms with van der Waals surface area (Å²) in [4.78, 5) is 7.64. The summed E-state index contributed by atoms with van der Waals surface area (Å²) >= 11 is 0. The van der Waals surface area contributed by atoms with Gasteiger partial charge in [-0.3, -0.25) is 0 Å². The highest BCUT2D eigenvalue weighted by Crippen LogP contribution is 2.45. The first-order valence-electron chi connectivity index (χ1n) is 14.4. The summed E-state index contributed by atoms with van der Waals surface area (Å²) in [6.45, 7) is 11.4. The van der Waals surface area contributed by atoms with Crippen molar-refractivity contribution in [3.63, 3.8) is 0 Å². The molecule has 2 aromatic heterocycles. The van der Waals surface area contributed by atoms with Crippen molar-refractivity contribution in [2.75, 3.05) is 4.90 Å². The Hall–Kier alpha value is -4.31. The molecule has 0 aliphatic carbocycles. The Morgan fingerprint density at radius 3 is 2.30 bits per heavy atom. The quantitative estimate of drug-likeness (QED) is 0.217. The summed E-state index contributed by atoms with van der Waals surface area (Å²) in [7, 11) is 0. The maximum absolute atomic E-state index is 5.17. The average Bonchev–Trinajstić information content (AvgIpc) is 3.29. The van der Waals surface area contributed by atoms with Crippen LogP contribution in [0.15, 0.2) is 97.2 Å². The topological polar surface area (TPSA) is 21.1 Å². The molecule has 40 heavy (non-hydrogen) atoms. The van der Waals surface area contributed by atoms with Crippen LogP contribution in [0.1, 0.15) is 51.7 Å². The average molecular weight is 517 g/mol. The third kappa shape index (κ3) is 3.11. The fraction of sp³-hybridized carbons (Fsp3) is 0.194. The number of anilines is 3. The molecule has 0 bridgehead atoms. The van der Waals surface area contributed by atoms with Crippen molar-refractivity contribution in [2.24, 2.45) is 0 Å². The lowest BCUT2D eigenvalue weighted by Gasteiger charge is -2.41. The van der Waals surface area contributed by atoms with Crippen LogP contribution in [0, 0.1) is 0 Å². The minimum absolute atomic E-state index is 0.0426. The van der Waals surface area contributed by atoms with E-state index in [0.29, 0.717) is 5.92 Å². The van der Waals surface area contributed by atoms with Gasteiger partial charge in [0.15, 0.2) is 0 Å². The predicted molar refractivity (Wildman–Crippen MR) is 171 cm³/mol. The van der Waals surface area contributed by atoms with Crippen LogP contribution in [0.2, 0.25) is 0 Å². The summed E-state index contributed by atoms with van der Waals surface area (Å²) in [5.41, 5.74) is 14.0. The highest BCUT2D eigenvalue weighted by Gasteiger charge is 2.43. The molecule has 0 atom stereocenters. The van der Waals surface area contributed by atoms with Gasteiger partial charge in [-0.15, -0.1) is 0 Å². The highest BCUT2D eigenvalue weighted by molar-refractivity contribution is 6.90. The van der Waals surface area contributed by atoms with Gasteiger partial charge in [0.1, 0.15) is 5.65 Å². The molecule has 4 heterocycles. The minimum Gasteiger partial charge on any atom is -0.360 e. The normalized spacial score (nSPS) is 13.8. The third-order valence-electron chi connectivity index (χ3n) is 8.94. The molecule has 0 spiro atoms. The molecule has 0 saturated carbocycles. The molecule has 3 nitrogen and oxygen atoms in total. The van der Waals surface area contributed by atoms with E-state index < -0.39 is 0 Å². The van der Waals surface area contributed by atoms with E-state index in [9.17, 15) is 0 Å². The molecular formula is C36H32BN3. The number of aromatic nitrogens is 2. The second kappa shape index (κ2) is 8.11. The van der Waals surface area contributed by atoms with Crippen molar-refractivity contribution in [2.45, 2.75) is 46.0 Å². The number of benzene rings is 4. The fourth-order valence-corrected chi connectivity index (χ4v) is 6.89. The Bertz CT molecular complexity index is 1980. The smallest absolute Gasteiger partial charge is 0.334 e. The van der Waals surface area contributed by atoms with Crippen molar-refractivity contribution < 1.29 is 0 Å². The van der Waals surface area contributed by atoms with Crippen molar-refractivity contribution in [1.82, 2.24) is 9.46 Å². The second-order valence-corrected chi connectivity index (χ2v) is 12.7. The maximum atomic E-state index is 5.17. The van der Waals surface area contributed by atoms with Crippen LogP contribution >= 0.6 is 0 Å². The molecule has 0 radical (unpaired) electrons. The Labute approximate surface area is 236 Å². The Morgan fingerprint density at radius 1 is 0.750 bits per heavy atom. The third-order valence-corrected chi connectivity index (χ3v) is 8.94. The van der Waals surface area contributed by atoms with Gasteiger partial charge in [-0.25, -0.2) is 4.98 Å². The largest absolute Gasteiger partial charge is 0.360 e. The van der Waals surface area contributed by atoms with Crippen LogP contribution in [-0.2, 0) is 5.41 Å². The highest BCUT2D eigenvalue weighted by atomic mass is 15.2. The Morgan fingerprint density at radius 2 is 1.52 bits per heavy atom. The van der Waals surface area contributed by atoms with Gasteiger partial charge < -0.3 is 9.38 Å². The molecule has 4 aromatic carbocycles. The summed E-state index contributed by atoms with van der Waals surface area (Å²) in [5, 5.41) is 2.53. The Balaban J connectivity index is 1.53. The van der Waals surface area contributed by atoms with Crippen molar-refractivity contribution in [3.8, 4) is 11.1 Å².